The number of ether oxygens (including phenoxy) is 1. The SMILES string of the molecule is CCOC(=O)C(CC)(CC)C(=O)C(CC)(CC)CC. The van der Waals surface area contributed by atoms with Crippen molar-refractivity contribution in [3.05, 3.63) is 0 Å². The lowest BCUT2D eigenvalue weighted by molar-refractivity contribution is -0.165. The monoisotopic (exact) mass is 270 g/mol. The molecule has 0 aromatic carbocycles. The van der Waals surface area contributed by atoms with Crippen LogP contribution in [0.2, 0.25) is 0 Å². The van der Waals surface area contributed by atoms with Gasteiger partial charge in [-0.2, -0.15) is 0 Å². The maximum absolute atomic E-state index is 13.1. The zero-order chi connectivity index (χ0) is 15.1. The molecule has 0 unspecified atom stereocenters. The van der Waals surface area contributed by atoms with Gasteiger partial charge >= 0.3 is 5.97 Å². The van der Waals surface area contributed by atoms with Crippen LogP contribution in [0.3, 0.4) is 0 Å². The molecule has 0 saturated carbocycles. The highest BCUT2D eigenvalue weighted by Crippen LogP contribution is 2.43. The van der Waals surface area contributed by atoms with Crippen molar-refractivity contribution in [3.63, 3.8) is 0 Å². The molecule has 0 N–H and O–H groups in total. The van der Waals surface area contributed by atoms with Gasteiger partial charge < -0.3 is 4.74 Å². The minimum Gasteiger partial charge on any atom is -0.465 e. The Morgan fingerprint density at radius 1 is 0.789 bits per heavy atom. The van der Waals surface area contributed by atoms with Gasteiger partial charge in [-0.05, 0) is 39.0 Å². The number of carbonyl (C=O) groups excluding carboxylic acids is 2. The van der Waals surface area contributed by atoms with Crippen molar-refractivity contribution >= 4 is 11.8 Å². The second kappa shape index (κ2) is 7.66. The molecule has 0 bridgehead atoms. The molecule has 112 valence electrons. The van der Waals surface area contributed by atoms with Crippen LogP contribution < -0.4 is 0 Å². The van der Waals surface area contributed by atoms with E-state index < -0.39 is 10.8 Å². The molecule has 0 heterocycles. The average molecular weight is 270 g/mol. The third kappa shape index (κ3) is 3.18. The standard InChI is InChI=1S/C16H30O3/c1-7-15(8-2,9-3)13(17)16(10-4,11-5)14(18)19-12-6/h7-12H2,1-6H3. The first kappa shape index (κ1) is 18.1. The van der Waals surface area contributed by atoms with Crippen molar-refractivity contribution in [3.8, 4) is 0 Å². The van der Waals surface area contributed by atoms with Crippen molar-refractivity contribution in [2.24, 2.45) is 10.8 Å². The summed E-state index contributed by atoms with van der Waals surface area (Å²) in [6.45, 7) is 12.0. The number of carbonyl (C=O) groups is 2. The Hall–Kier alpha value is -0.860. The van der Waals surface area contributed by atoms with E-state index in [0.717, 1.165) is 19.3 Å². The van der Waals surface area contributed by atoms with E-state index in [1.807, 2.05) is 34.6 Å². The topological polar surface area (TPSA) is 43.4 Å². The molecule has 0 aliphatic carbocycles. The van der Waals surface area contributed by atoms with E-state index in [2.05, 4.69) is 0 Å². The molecule has 0 atom stereocenters. The summed E-state index contributed by atoms with van der Waals surface area (Å²) in [5.41, 5.74) is -1.35. The first-order valence-corrected chi connectivity index (χ1v) is 7.66. The minimum atomic E-state index is -0.960. The molecular formula is C16H30O3. The van der Waals surface area contributed by atoms with Gasteiger partial charge in [0.15, 0.2) is 5.78 Å². The van der Waals surface area contributed by atoms with Gasteiger partial charge in [-0.15, -0.1) is 0 Å². The van der Waals surface area contributed by atoms with Crippen molar-refractivity contribution < 1.29 is 14.3 Å². The first-order chi connectivity index (χ1) is 8.94. The molecule has 0 rings (SSSR count). The van der Waals surface area contributed by atoms with Crippen molar-refractivity contribution in [2.75, 3.05) is 6.61 Å². The Balaban J connectivity index is 5.62. The zero-order valence-corrected chi connectivity index (χ0v) is 13.5. The lowest BCUT2D eigenvalue weighted by Gasteiger charge is -2.38. The molecular weight excluding hydrogens is 240 g/mol. The summed E-state index contributed by atoms with van der Waals surface area (Å²) in [5, 5.41) is 0. The number of ketones is 1. The Morgan fingerprint density at radius 3 is 1.47 bits per heavy atom. The van der Waals surface area contributed by atoms with Crippen LogP contribution in [0.1, 0.15) is 73.6 Å². The van der Waals surface area contributed by atoms with Crippen LogP contribution in [-0.4, -0.2) is 18.4 Å². The highest BCUT2D eigenvalue weighted by Gasteiger charge is 2.51. The van der Waals surface area contributed by atoms with Crippen molar-refractivity contribution in [2.45, 2.75) is 73.6 Å². The Bertz CT molecular complexity index is 291. The molecule has 0 aliphatic rings. The molecule has 0 aliphatic heterocycles. The van der Waals surface area contributed by atoms with E-state index in [-0.39, 0.29) is 11.8 Å². The summed E-state index contributed by atoms with van der Waals surface area (Å²) in [7, 11) is 0. The molecule has 3 heteroatoms. The van der Waals surface area contributed by atoms with Crippen LogP contribution >= 0.6 is 0 Å². The maximum atomic E-state index is 13.1. The van der Waals surface area contributed by atoms with Crippen LogP contribution in [0.4, 0.5) is 0 Å². The van der Waals surface area contributed by atoms with E-state index in [4.69, 9.17) is 4.74 Å². The number of Topliss-reactive ketones (excluding diaryl/α,β-unsaturated/α-hetero) is 1. The molecule has 0 amide bonds. The second-order valence-corrected chi connectivity index (χ2v) is 5.18. The van der Waals surface area contributed by atoms with Gasteiger partial charge in [-0.1, -0.05) is 34.6 Å². The third-order valence-electron chi connectivity index (χ3n) is 4.82. The van der Waals surface area contributed by atoms with E-state index in [9.17, 15) is 9.59 Å². The molecule has 0 fully saturated rings. The average Bonchev–Trinajstić information content (AvgIpc) is 2.44. The molecule has 0 aromatic heterocycles. The number of hydrogen-bond donors (Lipinski definition) is 0. The smallest absolute Gasteiger partial charge is 0.319 e. The van der Waals surface area contributed by atoms with Crippen molar-refractivity contribution in [1.29, 1.82) is 0 Å². The number of hydrogen-bond acceptors (Lipinski definition) is 3. The predicted octanol–water partition coefficient (Wildman–Crippen LogP) is 4.14. The number of rotatable bonds is 9. The first-order valence-electron chi connectivity index (χ1n) is 7.66. The summed E-state index contributed by atoms with van der Waals surface area (Å²) < 4.78 is 5.18. The van der Waals surface area contributed by atoms with E-state index in [1.165, 1.54) is 0 Å². The van der Waals surface area contributed by atoms with Crippen LogP contribution in [-0.2, 0) is 14.3 Å². The zero-order valence-electron chi connectivity index (χ0n) is 13.5. The van der Waals surface area contributed by atoms with Crippen LogP contribution in [0, 0.1) is 10.8 Å². The summed E-state index contributed by atoms with van der Waals surface area (Å²) in [6.07, 6.45) is 3.37. The van der Waals surface area contributed by atoms with Gasteiger partial charge in [0.2, 0.25) is 0 Å². The van der Waals surface area contributed by atoms with Crippen LogP contribution in [0.5, 0.6) is 0 Å². The molecule has 19 heavy (non-hydrogen) atoms. The van der Waals surface area contributed by atoms with E-state index >= 15 is 0 Å². The maximum Gasteiger partial charge on any atom is 0.319 e. The fourth-order valence-corrected chi connectivity index (χ4v) is 2.96. The van der Waals surface area contributed by atoms with Gasteiger partial charge in [0.1, 0.15) is 5.41 Å². The summed E-state index contributed by atoms with van der Waals surface area (Å²) in [4.78, 5) is 25.4. The minimum absolute atomic E-state index is 0.0796. The number of esters is 1. The van der Waals surface area contributed by atoms with E-state index in [1.54, 1.807) is 6.92 Å². The van der Waals surface area contributed by atoms with Gasteiger partial charge in [-0.25, -0.2) is 0 Å². The van der Waals surface area contributed by atoms with Gasteiger partial charge in [0.05, 0.1) is 6.61 Å². The fourth-order valence-electron chi connectivity index (χ4n) is 2.96. The predicted molar refractivity (Wildman–Crippen MR) is 78.0 cm³/mol. The summed E-state index contributed by atoms with van der Waals surface area (Å²) in [6, 6.07) is 0. The normalized spacial score (nSPS) is 12.3. The lowest BCUT2D eigenvalue weighted by atomic mass is 9.63. The quantitative estimate of drug-likeness (QED) is 0.467. The second-order valence-electron chi connectivity index (χ2n) is 5.18. The van der Waals surface area contributed by atoms with E-state index in [0.29, 0.717) is 19.4 Å². The molecule has 0 aromatic rings. The Labute approximate surface area is 118 Å². The van der Waals surface area contributed by atoms with Crippen LogP contribution in [0.25, 0.3) is 0 Å². The Morgan fingerprint density at radius 2 is 1.21 bits per heavy atom. The molecule has 3 nitrogen and oxygen atoms in total. The summed E-state index contributed by atoms with van der Waals surface area (Å²) >= 11 is 0. The molecule has 0 saturated heterocycles. The largest absolute Gasteiger partial charge is 0.465 e. The summed E-state index contributed by atoms with van der Waals surface area (Å²) in [5.74, 6) is -0.263. The van der Waals surface area contributed by atoms with Crippen molar-refractivity contribution in [1.82, 2.24) is 0 Å². The fraction of sp³-hybridized carbons (Fsp3) is 0.875. The van der Waals surface area contributed by atoms with Gasteiger partial charge in [0.25, 0.3) is 0 Å². The van der Waals surface area contributed by atoms with Gasteiger partial charge in [0, 0.05) is 5.41 Å². The highest BCUT2D eigenvalue weighted by atomic mass is 16.5. The Kier molecular flexibility index (Phi) is 7.32. The van der Waals surface area contributed by atoms with Crippen LogP contribution in [0.15, 0.2) is 0 Å². The molecule has 0 radical (unpaired) electrons. The van der Waals surface area contributed by atoms with Gasteiger partial charge in [-0.3, -0.25) is 9.59 Å². The lowest BCUT2D eigenvalue weighted by Crippen LogP contribution is -2.48. The highest BCUT2D eigenvalue weighted by molar-refractivity contribution is 6.06. The molecule has 0 spiro atoms. The third-order valence-corrected chi connectivity index (χ3v) is 4.82.